The summed E-state index contributed by atoms with van der Waals surface area (Å²) in [7, 11) is 1.65. The van der Waals surface area contributed by atoms with Crippen LogP contribution in [0.5, 0.6) is 5.75 Å². The number of fused-ring (bicyclic) bond motifs is 1. The van der Waals surface area contributed by atoms with Crippen molar-refractivity contribution in [3.63, 3.8) is 0 Å². The smallest absolute Gasteiger partial charge is 0.163 e. The molecule has 1 N–H and O–H groups in total. The number of methoxy groups -OCH3 is 1. The second-order valence-electron chi connectivity index (χ2n) is 6.57. The first-order chi connectivity index (χ1) is 13.5. The van der Waals surface area contributed by atoms with Crippen molar-refractivity contribution in [2.24, 2.45) is 4.99 Å². The van der Waals surface area contributed by atoms with E-state index in [0.29, 0.717) is 17.2 Å². The number of hydrogen-bond acceptors (Lipinski definition) is 5. The zero-order valence-electron chi connectivity index (χ0n) is 16.7. The molecule has 0 spiro atoms. The van der Waals surface area contributed by atoms with E-state index >= 15 is 0 Å². The summed E-state index contributed by atoms with van der Waals surface area (Å²) in [6.07, 6.45) is 5.21. The fourth-order valence-electron chi connectivity index (χ4n) is 2.93. The standard InChI is InChI=1S/C23H24N4O/c1-6-9-24-14-17(4)22-26-21-8-7-19(28-5)13-20(21)23(27-22)25-18-11-15(2)10-16(3)12-18/h6-14H,4H2,1-3,5H3,(H,25,26,27)/b9-6-,24-14-. The van der Waals surface area contributed by atoms with Crippen molar-refractivity contribution in [1.82, 2.24) is 9.97 Å². The molecular formula is C23H24N4O. The van der Waals surface area contributed by atoms with Gasteiger partial charge < -0.3 is 10.1 Å². The first-order valence-corrected chi connectivity index (χ1v) is 9.05. The summed E-state index contributed by atoms with van der Waals surface area (Å²) in [5, 5.41) is 4.31. The molecule has 1 heterocycles. The van der Waals surface area contributed by atoms with Crippen LogP contribution < -0.4 is 10.1 Å². The van der Waals surface area contributed by atoms with E-state index in [9.17, 15) is 0 Å². The fourth-order valence-corrected chi connectivity index (χ4v) is 2.93. The van der Waals surface area contributed by atoms with E-state index in [1.165, 1.54) is 11.1 Å². The lowest BCUT2D eigenvalue weighted by Gasteiger charge is -2.13. The van der Waals surface area contributed by atoms with Crippen molar-refractivity contribution in [3.8, 4) is 5.75 Å². The largest absolute Gasteiger partial charge is 0.497 e. The van der Waals surface area contributed by atoms with Gasteiger partial charge in [0, 0.05) is 29.1 Å². The van der Waals surface area contributed by atoms with E-state index in [1.54, 1.807) is 19.5 Å². The van der Waals surface area contributed by atoms with Crippen molar-refractivity contribution in [2.45, 2.75) is 20.8 Å². The van der Waals surface area contributed by atoms with Gasteiger partial charge in [-0.15, -0.1) is 0 Å². The Kier molecular flexibility index (Phi) is 5.84. The molecule has 0 saturated heterocycles. The number of allylic oxidation sites excluding steroid dienone is 2. The minimum atomic E-state index is 0.526. The Hall–Kier alpha value is -3.47. The van der Waals surface area contributed by atoms with Gasteiger partial charge in [-0.25, -0.2) is 9.97 Å². The minimum absolute atomic E-state index is 0.526. The summed E-state index contributed by atoms with van der Waals surface area (Å²) in [4.78, 5) is 13.5. The lowest BCUT2D eigenvalue weighted by molar-refractivity contribution is 0.415. The van der Waals surface area contributed by atoms with Crippen molar-refractivity contribution in [2.75, 3.05) is 12.4 Å². The highest BCUT2D eigenvalue weighted by atomic mass is 16.5. The van der Waals surface area contributed by atoms with Crippen LogP contribution in [0.3, 0.4) is 0 Å². The molecule has 2 aromatic carbocycles. The van der Waals surface area contributed by atoms with Gasteiger partial charge in [0.05, 0.1) is 12.6 Å². The van der Waals surface area contributed by atoms with Crippen LogP contribution in [-0.2, 0) is 0 Å². The average Bonchev–Trinajstić information content (AvgIpc) is 2.66. The molecular weight excluding hydrogens is 348 g/mol. The van der Waals surface area contributed by atoms with E-state index < -0.39 is 0 Å². The zero-order valence-corrected chi connectivity index (χ0v) is 16.7. The van der Waals surface area contributed by atoms with Gasteiger partial charge >= 0.3 is 0 Å². The number of benzene rings is 2. The van der Waals surface area contributed by atoms with Gasteiger partial charge in [0.25, 0.3) is 0 Å². The summed E-state index contributed by atoms with van der Waals surface area (Å²) in [5.41, 5.74) is 4.78. The highest BCUT2D eigenvalue weighted by Gasteiger charge is 2.11. The molecule has 0 fully saturated rings. The van der Waals surface area contributed by atoms with Crippen LogP contribution in [0.4, 0.5) is 11.5 Å². The summed E-state index contributed by atoms with van der Waals surface area (Å²) < 4.78 is 5.38. The number of hydrogen-bond donors (Lipinski definition) is 1. The Morgan fingerprint density at radius 2 is 1.86 bits per heavy atom. The molecule has 3 rings (SSSR count). The predicted molar refractivity (Wildman–Crippen MR) is 118 cm³/mol. The Morgan fingerprint density at radius 3 is 2.54 bits per heavy atom. The highest BCUT2D eigenvalue weighted by Crippen LogP contribution is 2.29. The molecule has 1 aromatic heterocycles. The average molecular weight is 372 g/mol. The number of nitrogens with zero attached hydrogens (tertiary/aromatic N) is 3. The van der Waals surface area contributed by atoms with Crippen molar-refractivity contribution in [3.05, 3.63) is 72.2 Å². The molecule has 142 valence electrons. The van der Waals surface area contributed by atoms with Crippen molar-refractivity contribution in [1.29, 1.82) is 0 Å². The number of aryl methyl sites for hydroxylation is 2. The molecule has 0 aliphatic heterocycles. The minimum Gasteiger partial charge on any atom is -0.497 e. The number of aromatic nitrogens is 2. The van der Waals surface area contributed by atoms with Crippen LogP contribution in [-0.4, -0.2) is 23.3 Å². The molecule has 0 bridgehead atoms. The van der Waals surface area contributed by atoms with E-state index in [2.05, 4.69) is 53.9 Å². The van der Waals surface area contributed by atoms with Crippen molar-refractivity contribution >= 4 is 34.2 Å². The Labute approximate surface area is 165 Å². The lowest BCUT2D eigenvalue weighted by atomic mass is 10.1. The summed E-state index contributed by atoms with van der Waals surface area (Å²) in [5.74, 6) is 1.98. The normalized spacial score (nSPS) is 11.4. The van der Waals surface area contributed by atoms with Gasteiger partial charge in [0.2, 0.25) is 0 Å². The molecule has 0 unspecified atom stereocenters. The summed E-state index contributed by atoms with van der Waals surface area (Å²) in [6, 6.07) is 12.0. The first-order valence-electron chi connectivity index (χ1n) is 9.05. The monoisotopic (exact) mass is 372 g/mol. The molecule has 0 amide bonds. The second kappa shape index (κ2) is 8.48. The van der Waals surface area contributed by atoms with Crippen LogP contribution in [0.25, 0.3) is 16.5 Å². The third-order valence-electron chi connectivity index (χ3n) is 4.14. The van der Waals surface area contributed by atoms with Gasteiger partial charge in [-0.2, -0.15) is 0 Å². The molecule has 3 aromatic rings. The van der Waals surface area contributed by atoms with Crippen LogP contribution in [0, 0.1) is 13.8 Å². The molecule has 0 aliphatic carbocycles. The maximum Gasteiger partial charge on any atom is 0.163 e. The maximum absolute atomic E-state index is 5.38. The second-order valence-corrected chi connectivity index (χ2v) is 6.57. The van der Waals surface area contributed by atoms with Crippen LogP contribution in [0.2, 0.25) is 0 Å². The zero-order chi connectivity index (χ0) is 20.1. The SMILES string of the molecule is C=C(/C=N\C=C/C)c1nc(Nc2cc(C)cc(C)c2)c2cc(OC)ccc2n1. The van der Waals surface area contributed by atoms with E-state index in [-0.39, 0.29) is 0 Å². The predicted octanol–water partition coefficient (Wildman–Crippen LogP) is 5.62. The Morgan fingerprint density at radius 1 is 1.11 bits per heavy atom. The van der Waals surface area contributed by atoms with Crippen molar-refractivity contribution < 1.29 is 4.74 Å². The van der Waals surface area contributed by atoms with Gasteiger partial charge in [-0.3, -0.25) is 4.99 Å². The number of nitrogens with one attached hydrogen (secondary N) is 1. The highest BCUT2D eigenvalue weighted by molar-refractivity contribution is 6.08. The number of rotatable bonds is 6. The summed E-state index contributed by atoms with van der Waals surface area (Å²) >= 11 is 0. The van der Waals surface area contributed by atoms with E-state index in [1.807, 2.05) is 31.2 Å². The molecule has 0 saturated carbocycles. The van der Waals surface area contributed by atoms with Crippen LogP contribution in [0.15, 0.2) is 60.2 Å². The topological polar surface area (TPSA) is 59.4 Å². The lowest BCUT2D eigenvalue weighted by Crippen LogP contribution is -2.02. The molecule has 28 heavy (non-hydrogen) atoms. The van der Waals surface area contributed by atoms with Gasteiger partial charge in [0.1, 0.15) is 11.6 Å². The Bertz CT molecular complexity index is 1060. The maximum atomic E-state index is 5.38. The molecule has 5 heteroatoms. The van der Waals surface area contributed by atoms with Gasteiger partial charge in [-0.1, -0.05) is 18.7 Å². The first kappa shape index (κ1) is 19.3. The van der Waals surface area contributed by atoms with E-state index in [4.69, 9.17) is 9.72 Å². The number of aliphatic imine (C=N–C) groups is 1. The fraction of sp³-hybridized carbons (Fsp3) is 0.174. The molecule has 0 radical (unpaired) electrons. The summed E-state index contributed by atoms with van der Waals surface area (Å²) in [6.45, 7) is 10.1. The van der Waals surface area contributed by atoms with Gasteiger partial charge in [-0.05, 0) is 62.2 Å². The van der Waals surface area contributed by atoms with Crippen LogP contribution >= 0.6 is 0 Å². The quantitative estimate of drug-likeness (QED) is 0.571. The number of ether oxygens (including phenoxy) is 1. The molecule has 0 aliphatic rings. The number of anilines is 2. The van der Waals surface area contributed by atoms with Gasteiger partial charge in [0.15, 0.2) is 5.82 Å². The molecule has 5 nitrogen and oxygen atoms in total. The van der Waals surface area contributed by atoms with E-state index in [0.717, 1.165) is 22.3 Å². The third kappa shape index (κ3) is 4.43. The van der Waals surface area contributed by atoms with Crippen LogP contribution in [0.1, 0.15) is 23.9 Å². The third-order valence-corrected chi connectivity index (χ3v) is 4.14. The Balaban J connectivity index is 2.12. The molecule has 0 atom stereocenters.